The number of allylic oxidation sites excluding steroid dienone is 14. The van der Waals surface area contributed by atoms with E-state index in [1.165, 1.54) is 57.8 Å². The molecule has 0 fully saturated rings. The van der Waals surface area contributed by atoms with E-state index in [0.717, 1.165) is 89.9 Å². The topological polar surface area (TPSA) is 94.1 Å². The smallest absolute Gasteiger partial charge is 0.306 e. The Morgan fingerprint density at radius 1 is 0.542 bits per heavy atom. The highest BCUT2D eigenvalue weighted by Crippen LogP contribution is 2.38. The van der Waals surface area contributed by atoms with E-state index in [-0.39, 0.29) is 32.2 Å². The number of nitrogens with zero attached hydrogens (tertiary/aromatic N) is 1. The van der Waals surface area contributed by atoms with E-state index in [4.69, 9.17) is 18.5 Å². The van der Waals surface area contributed by atoms with E-state index in [9.17, 15) is 14.3 Å². The van der Waals surface area contributed by atoms with Crippen LogP contribution in [-0.4, -0.2) is 70.7 Å². The number of carbonyl (C=O) groups excluding carboxylic acids is 1. The normalized spacial score (nSPS) is 14.5. The van der Waals surface area contributed by atoms with E-state index < -0.39 is 13.9 Å². The molecule has 9 heteroatoms. The number of quaternary nitrogens is 1. The van der Waals surface area contributed by atoms with Gasteiger partial charge in [-0.3, -0.25) is 9.36 Å². The summed E-state index contributed by atoms with van der Waals surface area (Å²) in [6, 6.07) is 0. The molecule has 0 saturated heterocycles. The van der Waals surface area contributed by atoms with Crippen molar-refractivity contribution in [2.24, 2.45) is 0 Å². The van der Waals surface area contributed by atoms with Crippen LogP contribution >= 0.6 is 7.82 Å². The number of likely N-dealkylation sites (N-methyl/N-ethyl adjacent to an activating group) is 1. The summed E-state index contributed by atoms with van der Waals surface area (Å²) >= 11 is 0. The van der Waals surface area contributed by atoms with Crippen LogP contribution < -0.4 is 4.89 Å². The second kappa shape index (κ2) is 42.4. The van der Waals surface area contributed by atoms with E-state index >= 15 is 0 Å². The number of phosphoric ester groups is 1. The molecule has 0 bridgehead atoms. The molecule has 340 valence electrons. The molecule has 0 rings (SSSR count). The van der Waals surface area contributed by atoms with Crippen molar-refractivity contribution >= 4 is 13.8 Å². The molecule has 8 nitrogen and oxygen atoms in total. The van der Waals surface area contributed by atoms with Gasteiger partial charge >= 0.3 is 5.97 Å². The van der Waals surface area contributed by atoms with E-state index in [1.54, 1.807) is 0 Å². The zero-order valence-corrected chi connectivity index (χ0v) is 39.3. The number of rotatable bonds is 42. The third-order valence-corrected chi connectivity index (χ3v) is 10.4. The van der Waals surface area contributed by atoms with Crippen LogP contribution in [0.25, 0.3) is 0 Å². The molecule has 2 atom stereocenters. The van der Waals surface area contributed by atoms with Gasteiger partial charge in [0.05, 0.1) is 34.4 Å². The predicted octanol–water partition coefficient (Wildman–Crippen LogP) is 13.4. The highest BCUT2D eigenvalue weighted by molar-refractivity contribution is 7.45. The van der Waals surface area contributed by atoms with Crippen LogP contribution in [0.3, 0.4) is 0 Å². The first-order valence-electron chi connectivity index (χ1n) is 23.3. The minimum absolute atomic E-state index is 0.0150. The highest BCUT2D eigenvalue weighted by Gasteiger charge is 2.20. The van der Waals surface area contributed by atoms with Gasteiger partial charge in [-0.25, -0.2) is 0 Å². The number of esters is 1. The molecule has 2 unspecified atom stereocenters. The van der Waals surface area contributed by atoms with Crippen molar-refractivity contribution in [3.05, 3.63) is 85.1 Å². The van der Waals surface area contributed by atoms with Gasteiger partial charge < -0.3 is 27.9 Å². The first-order chi connectivity index (χ1) is 28.6. The first-order valence-corrected chi connectivity index (χ1v) is 24.8. The summed E-state index contributed by atoms with van der Waals surface area (Å²) in [7, 11) is 1.32. The molecule has 0 saturated carbocycles. The predicted molar refractivity (Wildman–Crippen MR) is 249 cm³/mol. The SMILES string of the molecule is CC/C=C\C/C=C\C/C=C\C/C=C\C/C=C\C/C=C\CCCCCCC(=O)OC(COCCCCCCCC/C=C\CCCCCC)COP(=O)([O-])OCC[N+](C)(C)C. The number of unbranched alkanes of at least 4 members (excludes halogenated alkanes) is 14. The first kappa shape index (κ1) is 56.7. The molecule has 59 heavy (non-hydrogen) atoms. The van der Waals surface area contributed by atoms with Crippen molar-refractivity contribution in [1.29, 1.82) is 0 Å². The van der Waals surface area contributed by atoms with Crippen molar-refractivity contribution in [1.82, 2.24) is 0 Å². The van der Waals surface area contributed by atoms with Gasteiger partial charge in [0, 0.05) is 13.0 Å². The van der Waals surface area contributed by atoms with Crippen LogP contribution in [0.1, 0.15) is 168 Å². The Hall–Kier alpha value is -2.32. The number of ether oxygens (including phenoxy) is 2. The molecule has 0 radical (unpaired) electrons. The summed E-state index contributed by atoms with van der Waals surface area (Å²) in [4.78, 5) is 25.1. The van der Waals surface area contributed by atoms with Crippen molar-refractivity contribution in [2.45, 2.75) is 174 Å². The molecule has 0 aliphatic rings. The quantitative estimate of drug-likeness (QED) is 0.0199. The van der Waals surface area contributed by atoms with Gasteiger partial charge in [0.15, 0.2) is 0 Å². The van der Waals surface area contributed by atoms with Gasteiger partial charge in [0.1, 0.15) is 19.3 Å². The van der Waals surface area contributed by atoms with Crippen LogP contribution in [0.5, 0.6) is 0 Å². The Bertz CT molecular complexity index is 1210. The molecule has 0 heterocycles. The lowest BCUT2D eigenvalue weighted by molar-refractivity contribution is -0.870. The van der Waals surface area contributed by atoms with Crippen molar-refractivity contribution in [3.63, 3.8) is 0 Å². The number of carbonyl (C=O) groups is 1. The van der Waals surface area contributed by atoms with Crippen molar-refractivity contribution in [3.8, 4) is 0 Å². The fraction of sp³-hybridized carbons (Fsp3) is 0.700. The van der Waals surface area contributed by atoms with Crippen molar-refractivity contribution in [2.75, 3.05) is 54.1 Å². The van der Waals surface area contributed by atoms with E-state index in [2.05, 4.69) is 98.9 Å². The molecule has 0 amide bonds. The van der Waals surface area contributed by atoms with E-state index in [0.29, 0.717) is 17.6 Å². The average molecular weight is 846 g/mol. The molecule has 0 N–H and O–H groups in total. The van der Waals surface area contributed by atoms with Gasteiger partial charge in [-0.05, 0) is 89.9 Å². The minimum atomic E-state index is -4.54. The van der Waals surface area contributed by atoms with Crippen LogP contribution in [0, 0.1) is 0 Å². The number of hydrogen-bond acceptors (Lipinski definition) is 7. The van der Waals surface area contributed by atoms with Gasteiger partial charge in [-0.2, -0.15) is 0 Å². The summed E-state index contributed by atoms with van der Waals surface area (Å²) in [5.74, 6) is -0.364. The fourth-order valence-electron chi connectivity index (χ4n) is 5.84. The Morgan fingerprint density at radius 3 is 1.49 bits per heavy atom. The highest BCUT2D eigenvalue weighted by atomic mass is 31.2. The Morgan fingerprint density at radius 2 is 0.983 bits per heavy atom. The number of phosphoric acid groups is 1. The van der Waals surface area contributed by atoms with Gasteiger partial charge in [0.2, 0.25) is 0 Å². The monoisotopic (exact) mass is 846 g/mol. The maximum atomic E-state index is 12.7. The molecule has 0 aliphatic heterocycles. The summed E-state index contributed by atoms with van der Waals surface area (Å²) < 4.78 is 34.6. The molecular formula is C50H88NO7P. The summed E-state index contributed by atoms with van der Waals surface area (Å²) in [5.41, 5.74) is 0. The van der Waals surface area contributed by atoms with Gasteiger partial charge in [-0.15, -0.1) is 0 Å². The largest absolute Gasteiger partial charge is 0.756 e. The lowest BCUT2D eigenvalue weighted by atomic mass is 10.1. The lowest BCUT2D eigenvalue weighted by Crippen LogP contribution is -2.37. The maximum absolute atomic E-state index is 12.7. The zero-order valence-electron chi connectivity index (χ0n) is 38.4. The van der Waals surface area contributed by atoms with Gasteiger partial charge in [-0.1, -0.05) is 157 Å². The lowest BCUT2D eigenvalue weighted by Gasteiger charge is -2.28. The maximum Gasteiger partial charge on any atom is 0.306 e. The Kier molecular flexibility index (Phi) is 40.7. The molecule has 0 aliphatic carbocycles. The second-order valence-electron chi connectivity index (χ2n) is 16.4. The molecular weight excluding hydrogens is 758 g/mol. The summed E-state index contributed by atoms with van der Waals surface area (Å²) in [6.07, 6.45) is 56.0. The second-order valence-corrected chi connectivity index (χ2v) is 17.8. The zero-order chi connectivity index (χ0) is 43.4. The third kappa shape index (κ3) is 46.6. The average Bonchev–Trinajstić information content (AvgIpc) is 3.19. The Balaban J connectivity index is 4.28. The summed E-state index contributed by atoms with van der Waals surface area (Å²) in [6.45, 7) is 5.21. The molecule has 0 aromatic carbocycles. The van der Waals surface area contributed by atoms with Crippen LogP contribution in [0.4, 0.5) is 0 Å². The fourth-order valence-corrected chi connectivity index (χ4v) is 6.57. The molecule has 0 aromatic rings. The molecule has 0 aromatic heterocycles. The molecule has 0 spiro atoms. The number of hydrogen-bond donors (Lipinski definition) is 0. The third-order valence-electron chi connectivity index (χ3n) is 9.43. The van der Waals surface area contributed by atoms with Crippen LogP contribution in [0.15, 0.2) is 85.1 Å². The van der Waals surface area contributed by atoms with Crippen molar-refractivity contribution < 1.29 is 37.3 Å². The van der Waals surface area contributed by atoms with Crippen LogP contribution in [-0.2, 0) is 27.9 Å². The van der Waals surface area contributed by atoms with E-state index in [1.807, 2.05) is 21.1 Å². The standard InChI is InChI=1S/C50H88NO7P/c1-6-8-10-12-14-16-18-20-22-23-24-25-26-27-28-29-30-31-33-35-37-39-41-43-50(52)58-49(48-57-59(53,54)56-46-44-51(3,4)5)47-55-45-42-40-38-36-34-32-21-19-17-15-13-11-9-7-2/h8,10,14,16-17,19-20,22,24-25,27-28,30-31,49H,6-7,9,11-13,15,18,21,23,26,29,32-48H2,1-5H3/b10-8-,16-14-,19-17-,22-20-,25-24-,28-27-,31-30-. The Labute approximate surface area is 363 Å². The summed E-state index contributed by atoms with van der Waals surface area (Å²) in [5, 5.41) is 0. The van der Waals surface area contributed by atoms with Crippen LogP contribution in [0.2, 0.25) is 0 Å². The minimum Gasteiger partial charge on any atom is -0.756 e. The van der Waals surface area contributed by atoms with Gasteiger partial charge in [0.25, 0.3) is 7.82 Å².